The van der Waals surface area contributed by atoms with Crippen LogP contribution >= 0.6 is 0 Å². The van der Waals surface area contributed by atoms with Gasteiger partial charge in [-0.3, -0.25) is 9.89 Å². The van der Waals surface area contributed by atoms with Crippen LogP contribution in [0.5, 0.6) is 0 Å². The highest BCUT2D eigenvalue weighted by Crippen LogP contribution is 2.29. The summed E-state index contributed by atoms with van der Waals surface area (Å²) < 4.78 is 11.4. The Morgan fingerprint density at radius 3 is 2.97 bits per heavy atom. The summed E-state index contributed by atoms with van der Waals surface area (Å²) >= 11 is 0. The third-order valence-electron chi connectivity index (χ3n) is 5.64. The number of ether oxygens (including phenoxy) is 1. The van der Waals surface area contributed by atoms with Crippen molar-refractivity contribution in [2.45, 2.75) is 26.4 Å². The molecule has 5 rings (SSSR count). The number of aromatic amines is 1. The van der Waals surface area contributed by atoms with E-state index < -0.39 is 0 Å². The van der Waals surface area contributed by atoms with Gasteiger partial charge in [-0.2, -0.15) is 5.10 Å². The van der Waals surface area contributed by atoms with Gasteiger partial charge in [0.15, 0.2) is 5.69 Å². The number of H-pyrrole nitrogens is 1. The molecule has 1 amide bonds. The molecule has 8 heteroatoms. The minimum Gasteiger partial charge on any atom is -0.368 e. The maximum Gasteiger partial charge on any atom is 0.275 e. The van der Waals surface area contributed by atoms with Crippen LogP contribution in [-0.2, 0) is 11.2 Å². The molecule has 1 N–H and O–H groups in total. The topological polar surface area (TPSA) is 97.1 Å². The molecule has 1 fully saturated rings. The van der Waals surface area contributed by atoms with Gasteiger partial charge in [0.1, 0.15) is 11.9 Å². The molecule has 0 spiro atoms. The van der Waals surface area contributed by atoms with E-state index in [1.54, 1.807) is 4.90 Å². The fourth-order valence-corrected chi connectivity index (χ4v) is 4.05. The number of para-hydroxylation sites is 1. The summed E-state index contributed by atoms with van der Waals surface area (Å²) in [6, 6.07) is 13.5. The molecule has 1 aromatic carbocycles. The molecule has 0 aliphatic carbocycles. The second-order valence-corrected chi connectivity index (χ2v) is 7.60. The van der Waals surface area contributed by atoms with E-state index in [0.717, 1.165) is 45.7 Å². The molecular weight excluding hydrogens is 394 g/mol. The molecule has 1 aliphatic heterocycles. The molecule has 31 heavy (non-hydrogen) atoms. The van der Waals surface area contributed by atoms with Crippen LogP contribution in [0.15, 0.2) is 47.0 Å². The van der Waals surface area contributed by atoms with Crippen molar-refractivity contribution in [3.63, 3.8) is 0 Å². The number of morpholine rings is 1. The van der Waals surface area contributed by atoms with Gasteiger partial charge in [0.25, 0.3) is 5.91 Å². The number of benzene rings is 1. The van der Waals surface area contributed by atoms with E-state index in [0.29, 0.717) is 25.4 Å². The lowest BCUT2D eigenvalue weighted by molar-refractivity contribution is -0.0248. The number of hydrogen-bond acceptors (Lipinski definition) is 6. The highest BCUT2D eigenvalue weighted by molar-refractivity contribution is 6.04. The number of fused-ring (bicyclic) bond motifs is 1. The predicted molar refractivity (Wildman–Crippen MR) is 115 cm³/mol. The zero-order valence-electron chi connectivity index (χ0n) is 17.5. The molecule has 0 bridgehead atoms. The van der Waals surface area contributed by atoms with E-state index in [9.17, 15) is 4.79 Å². The predicted octanol–water partition coefficient (Wildman–Crippen LogP) is 3.70. The molecular formula is C23H23N5O3. The number of carbonyl (C=O) groups is 1. The lowest BCUT2D eigenvalue weighted by Gasteiger charge is -2.32. The van der Waals surface area contributed by atoms with Crippen molar-refractivity contribution in [2.24, 2.45) is 0 Å². The van der Waals surface area contributed by atoms with Crippen LogP contribution in [0.3, 0.4) is 0 Å². The molecule has 0 radical (unpaired) electrons. The molecule has 0 saturated carbocycles. The number of pyridine rings is 1. The maximum atomic E-state index is 13.2. The quantitative estimate of drug-likeness (QED) is 0.544. The summed E-state index contributed by atoms with van der Waals surface area (Å²) in [6.45, 7) is 5.32. The third-order valence-corrected chi connectivity index (χ3v) is 5.64. The number of amides is 1. The standard InChI is InChI=1S/C23H23N5O3/c1-3-19-21(14(2)27-31-19)18-10-6-9-17(24-18)20-13-28(11-12-30-20)23(29)22-15-7-4-5-8-16(15)25-26-22/h4-10,20H,3,11-13H2,1-2H3,(H,25,26)/t20-/m1/s1. The molecule has 4 aromatic rings. The molecule has 8 nitrogen and oxygen atoms in total. The van der Waals surface area contributed by atoms with Gasteiger partial charge < -0.3 is 14.2 Å². The second kappa shape index (κ2) is 7.96. The largest absolute Gasteiger partial charge is 0.368 e. The van der Waals surface area contributed by atoms with Crippen molar-refractivity contribution in [3.05, 3.63) is 65.3 Å². The van der Waals surface area contributed by atoms with E-state index in [1.165, 1.54) is 0 Å². The number of nitrogens with zero attached hydrogens (tertiary/aromatic N) is 4. The van der Waals surface area contributed by atoms with Crippen molar-refractivity contribution >= 4 is 16.8 Å². The molecule has 4 heterocycles. The molecule has 1 saturated heterocycles. The van der Waals surface area contributed by atoms with Gasteiger partial charge in [-0.1, -0.05) is 36.3 Å². The Labute approximate surface area is 179 Å². The zero-order valence-corrected chi connectivity index (χ0v) is 17.5. The third kappa shape index (κ3) is 3.48. The van der Waals surface area contributed by atoms with Gasteiger partial charge in [0.2, 0.25) is 0 Å². The van der Waals surface area contributed by atoms with E-state index in [-0.39, 0.29) is 12.0 Å². The Morgan fingerprint density at radius 1 is 1.23 bits per heavy atom. The number of carbonyl (C=O) groups excluding carboxylic acids is 1. The van der Waals surface area contributed by atoms with E-state index in [4.69, 9.17) is 14.2 Å². The Hall–Kier alpha value is -3.52. The van der Waals surface area contributed by atoms with Crippen LogP contribution in [-0.4, -0.2) is 50.8 Å². The summed E-state index contributed by atoms with van der Waals surface area (Å²) in [4.78, 5) is 19.8. The van der Waals surface area contributed by atoms with Crippen molar-refractivity contribution in [3.8, 4) is 11.3 Å². The SMILES string of the molecule is CCc1onc(C)c1-c1cccc([C@H]2CN(C(=O)c3n[nH]c4ccccc34)CCO2)n1. The van der Waals surface area contributed by atoms with Crippen LogP contribution in [0.1, 0.15) is 40.7 Å². The fraction of sp³-hybridized carbons (Fsp3) is 0.304. The van der Waals surface area contributed by atoms with Gasteiger partial charge in [-0.25, -0.2) is 4.98 Å². The molecule has 158 valence electrons. The number of aryl methyl sites for hydroxylation is 2. The lowest BCUT2D eigenvalue weighted by Crippen LogP contribution is -2.42. The Balaban J connectivity index is 1.41. The Kier molecular flexibility index (Phi) is 4.99. The second-order valence-electron chi connectivity index (χ2n) is 7.60. The first kappa shape index (κ1) is 19.4. The van der Waals surface area contributed by atoms with Crippen LogP contribution in [0.4, 0.5) is 0 Å². The van der Waals surface area contributed by atoms with Crippen molar-refractivity contribution in [1.29, 1.82) is 0 Å². The number of aromatic nitrogens is 4. The van der Waals surface area contributed by atoms with Crippen LogP contribution in [0, 0.1) is 6.92 Å². The number of nitrogens with one attached hydrogen (secondary N) is 1. The molecule has 1 aliphatic rings. The van der Waals surface area contributed by atoms with E-state index >= 15 is 0 Å². The van der Waals surface area contributed by atoms with Crippen molar-refractivity contribution < 1.29 is 14.1 Å². The average Bonchev–Trinajstić information content (AvgIpc) is 3.42. The van der Waals surface area contributed by atoms with Gasteiger partial charge in [0.05, 0.1) is 41.3 Å². The van der Waals surface area contributed by atoms with Crippen LogP contribution in [0.25, 0.3) is 22.2 Å². The molecule has 0 unspecified atom stereocenters. The van der Waals surface area contributed by atoms with E-state index in [1.807, 2.05) is 56.3 Å². The average molecular weight is 417 g/mol. The van der Waals surface area contributed by atoms with Crippen molar-refractivity contribution in [1.82, 2.24) is 25.2 Å². The Morgan fingerprint density at radius 2 is 2.10 bits per heavy atom. The van der Waals surface area contributed by atoms with Gasteiger partial charge in [0, 0.05) is 18.4 Å². The normalized spacial score (nSPS) is 16.7. The maximum absolute atomic E-state index is 13.2. The minimum absolute atomic E-state index is 0.106. The van der Waals surface area contributed by atoms with Gasteiger partial charge >= 0.3 is 0 Å². The summed E-state index contributed by atoms with van der Waals surface area (Å²) in [5.74, 6) is 0.707. The number of hydrogen-bond donors (Lipinski definition) is 1. The zero-order chi connectivity index (χ0) is 21.4. The first-order valence-corrected chi connectivity index (χ1v) is 10.4. The highest BCUT2D eigenvalue weighted by Gasteiger charge is 2.29. The lowest BCUT2D eigenvalue weighted by atomic mass is 10.1. The van der Waals surface area contributed by atoms with Crippen LogP contribution < -0.4 is 0 Å². The minimum atomic E-state index is -0.312. The molecule has 1 atom stereocenters. The highest BCUT2D eigenvalue weighted by atomic mass is 16.5. The summed E-state index contributed by atoms with van der Waals surface area (Å²) in [6.07, 6.45) is 0.426. The van der Waals surface area contributed by atoms with E-state index in [2.05, 4.69) is 15.4 Å². The first-order valence-electron chi connectivity index (χ1n) is 10.4. The summed E-state index contributed by atoms with van der Waals surface area (Å²) in [7, 11) is 0. The van der Waals surface area contributed by atoms with Gasteiger partial charge in [-0.15, -0.1) is 0 Å². The smallest absolute Gasteiger partial charge is 0.275 e. The monoisotopic (exact) mass is 417 g/mol. The Bertz CT molecular complexity index is 1240. The molecule has 3 aromatic heterocycles. The van der Waals surface area contributed by atoms with Crippen LogP contribution in [0.2, 0.25) is 0 Å². The van der Waals surface area contributed by atoms with Crippen molar-refractivity contribution in [2.75, 3.05) is 19.7 Å². The number of rotatable bonds is 4. The summed E-state index contributed by atoms with van der Waals surface area (Å²) in [5.41, 5.74) is 4.61. The van der Waals surface area contributed by atoms with Gasteiger partial charge in [-0.05, 0) is 25.1 Å². The summed E-state index contributed by atoms with van der Waals surface area (Å²) in [5, 5.41) is 12.1. The first-order chi connectivity index (χ1) is 15.2. The fourth-order valence-electron chi connectivity index (χ4n) is 4.05.